The Morgan fingerprint density at radius 2 is 1.97 bits per heavy atom. The Labute approximate surface area is 184 Å². The van der Waals surface area contributed by atoms with Crippen LogP contribution >= 0.6 is 0 Å². The number of hydrazone groups is 1. The Morgan fingerprint density at radius 3 is 2.72 bits per heavy atom. The third kappa shape index (κ3) is 3.95. The molecule has 3 N–H and O–H groups in total. The number of rotatable bonds is 6. The molecule has 0 unspecified atom stereocenters. The Kier molecular flexibility index (Phi) is 5.71. The maximum atomic E-state index is 12.5. The summed E-state index contributed by atoms with van der Waals surface area (Å²) < 4.78 is 6.91. The van der Waals surface area contributed by atoms with E-state index < -0.39 is 5.91 Å². The van der Waals surface area contributed by atoms with E-state index in [-0.39, 0.29) is 11.4 Å². The number of ether oxygens (including phenoxy) is 1. The molecule has 2 heterocycles. The van der Waals surface area contributed by atoms with Crippen LogP contribution in [0.4, 0.5) is 0 Å². The number of hydrogen-bond acceptors (Lipinski definition) is 6. The standard InChI is InChI=1S/C23H22N6O3/c1-14-21(15(2)29(28-14)17-9-5-4-6-10-17)18-12-19(26-25-18)23(31)27-24-13-16-8-7-11-20(32-3)22(16)30/h4-13,30H,1-3H3,(H,25,26)(H,27,31). The quantitative estimate of drug-likeness (QED) is 0.320. The largest absolute Gasteiger partial charge is 0.504 e. The maximum absolute atomic E-state index is 12.5. The molecule has 0 aliphatic carbocycles. The summed E-state index contributed by atoms with van der Waals surface area (Å²) in [5.41, 5.74) is 7.22. The van der Waals surface area contributed by atoms with Crippen LogP contribution in [0.15, 0.2) is 59.7 Å². The van der Waals surface area contributed by atoms with Gasteiger partial charge in [-0.3, -0.25) is 9.89 Å². The van der Waals surface area contributed by atoms with Crippen LogP contribution in [-0.4, -0.2) is 44.3 Å². The van der Waals surface area contributed by atoms with Crippen LogP contribution in [0.1, 0.15) is 27.4 Å². The zero-order chi connectivity index (χ0) is 22.7. The number of hydrogen-bond donors (Lipinski definition) is 3. The predicted molar refractivity (Wildman–Crippen MR) is 120 cm³/mol. The summed E-state index contributed by atoms with van der Waals surface area (Å²) in [4.78, 5) is 12.5. The summed E-state index contributed by atoms with van der Waals surface area (Å²) in [6.45, 7) is 3.86. The first-order valence-corrected chi connectivity index (χ1v) is 9.86. The molecule has 1 amide bonds. The second-order valence-corrected chi connectivity index (χ2v) is 7.06. The van der Waals surface area contributed by atoms with Crippen molar-refractivity contribution in [3.63, 3.8) is 0 Å². The van der Waals surface area contributed by atoms with Gasteiger partial charge >= 0.3 is 0 Å². The molecule has 0 spiro atoms. The van der Waals surface area contributed by atoms with Gasteiger partial charge in [-0.2, -0.15) is 15.3 Å². The number of carbonyl (C=O) groups is 1. The summed E-state index contributed by atoms with van der Waals surface area (Å²) >= 11 is 0. The van der Waals surface area contributed by atoms with Gasteiger partial charge in [-0.25, -0.2) is 10.1 Å². The van der Waals surface area contributed by atoms with Gasteiger partial charge in [-0.05, 0) is 44.2 Å². The summed E-state index contributed by atoms with van der Waals surface area (Å²) in [6.07, 6.45) is 1.34. The zero-order valence-corrected chi connectivity index (χ0v) is 17.8. The number of phenols is 1. The number of benzene rings is 2. The van der Waals surface area contributed by atoms with Crippen molar-refractivity contribution in [3.05, 3.63) is 77.2 Å². The maximum Gasteiger partial charge on any atom is 0.289 e. The molecule has 0 saturated carbocycles. The van der Waals surface area contributed by atoms with Crippen LogP contribution < -0.4 is 10.2 Å². The molecule has 9 heteroatoms. The van der Waals surface area contributed by atoms with Crippen LogP contribution in [0, 0.1) is 13.8 Å². The number of phenolic OH excluding ortho intramolecular Hbond substituents is 1. The molecule has 2 aromatic heterocycles. The molecule has 4 rings (SSSR count). The first kappa shape index (κ1) is 20.9. The first-order chi connectivity index (χ1) is 15.5. The molecule has 162 valence electrons. The lowest BCUT2D eigenvalue weighted by Gasteiger charge is -2.04. The molecule has 0 fully saturated rings. The van der Waals surface area contributed by atoms with Crippen molar-refractivity contribution in [2.45, 2.75) is 13.8 Å². The van der Waals surface area contributed by atoms with Crippen LogP contribution in [0.25, 0.3) is 16.9 Å². The lowest BCUT2D eigenvalue weighted by molar-refractivity contribution is 0.0950. The first-order valence-electron chi connectivity index (χ1n) is 9.86. The van der Waals surface area contributed by atoms with Gasteiger partial charge in [0, 0.05) is 11.1 Å². The fraction of sp³-hybridized carbons (Fsp3) is 0.130. The molecule has 0 aliphatic rings. The van der Waals surface area contributed by atoms with Gasteiger partial charge in [0.15, 0.2) is 11.5 Å². The highest BCUT2D eigenvalue weighted by Gasteiger charge is 2.19. The zero-order valence-electron chi connectivity index (χ0n) is 17.8. The Balaban J connectivity index is 1.52. The van der Waals surface area contributed by atoms with Crippen molar-refractivity contribution < 1.29 is 14.6 Å². The molecule has 0 atom stereocenters. The van der Waals surface area contributed by atoms with Gasteiger partial charge in [0.05, 0.1) is 36.1 Å². The van der Waals surface area contributed by atoms with Crippen molar-refractivity contribution in [3.8, 4) is 28.4 Å². The number of nitrogens with one attached hydrogen (secondary N) is 2. The number of aryl methyl sites for hydroxylation is 1. The van der Waals surface area contributed by atoms with Gasteiger partial charge < -0.3 is 9.84 Å². The number of aromatic nitrogens is 4. The Morgan fingerprint density at radius 1 is 1.19 bits per heavy atom. The van der Waals surface area contributed by atoms with Gasteiger partial charge in [0.25, 0.3) is 5.91 Å². The van der Waals surface area contributed by atoms with Crippen molar-refractivity contribution in [2.24, 2.45) is 5.10 Å². The van der Waals surface area contributed by atoms with Crippen molar-refractivity contribution in [1.82, 2.24) is 25.4 Å². The average molecular weight is 430 g/mol. The van der Waals surface area contributed by atoms with E-state index in [2.05, 4.69) is 25.8 Å². The van der Waals surface area contributed by atoms with Gasteiger partial charge in [-0.15, -0.1) is 0 Å². The van der Waals surface area contributed by atoms with E-state index in [0.717, 1.165) is 22.6 Å². The van der Waals surface area contributed by atoms with E-state index in [9.17, 15) is 9.90 Å². The monoisotopic (exact) mass is 430 g/mol. The second-order valence-electron chi connectivity index (χ2n) is 7.06. The molecule has 0 saturated heterocycles. The van der Waals surface area contributed by atoms with Crippen LogP contribution in [0.2, 0.25) is 0 Å². The van der Waals surface area contributed by atoms with Gasteiger partial charge in [0.1, 0.15) is 5.69 Å². The number of aromatic hydroxyl groups is 1. The topological polar surface area (TPSA) is 117 Å². The van der Waals surface area contributed by atoms with Gasteiger partial charge in [0.2, 0.25) is 0 Å². The van der Waals surface area contributed by atoms with Crippen molar-refractivity contribution in [1.29, 1.82) is 0 Å². The third-order valence-electron chi connectivity index (χ3n) is 4.99. The molecule has 2 aromatic carbocycles. The lowest BCUT2D eigenvalue weighted by atomic mass is 10.1. The van der Waals surface area contributed by atoms with Crippen LogP contribution in [-0.2, 0) is 0 Å². The van der Waals surface area contributed by atoms with E-state index in [1.807, 2.05) is 48.9 Å². The summed E-state index contributed by atoms with van der Waals surface area (Å²) in [5.74, 6) is -0.202. The minimum Gasteiger partial charge on any atom is -0.504 e. The fourth-order valence-electron chi connectivity index (χ4n) is 3.43. The number of methoxy groups -OCH3 is 1. The highest BCUT2D eigenvalue weighted by atomic mass is 16.5. The average Bonchev–Trinajstić information content (AvgIpc) is 3.39. The SMILES string of the molecule is COc1cccc(C=NNC(=O)c2cc(-c3c(C)nn(-c4ccccc4)c3C)n[nH]2)c1O. The number of H-pyrrole nitrogens is 1. The van der Waals surface area contributed by atoms with Crippen molar-refractivity contribution >= 4 is 12.1 Å². The second kappa shape index (κ2) is 8.76. The Bertz CT molecular complexity index is 1290. The Hall–Kier alpha value is -4.40. The summed E-state index contributed by atoms with van der Waals surface area (Å²) in [6, 6.07) is 16.5. The molecule has 0 radical (unpaired) electrons. The molecule has 32 heavy (non-hydrogen) atoms. The molecular formula is C23H22N6O3. The van der Waals surface area contributed by atoms with E-state index >= 15 is 0 Å². The smallest absolute Gasteiger partial charge is 0.289 e. The van der Waals surface area contributed by atoms with Crippen LogP contribution in [0.3, 0.4) is 0 Å². The third-order valence-corrected chi connectivity index (χ3v) is 4.99. The number of para-hydroxylation sites is 2. The molecular weight excluding hydrogens is 408 g/mol. The van der Waals surface area contributed by atoms with E-state index in [4.69, 9.17) is 4.74 Å². The minimum absolute atomic E-state index is 0.0572. The molecule has 0 aliphatic heterocycles. The highest BCUT2D eigenvalue weighted by Crippen LogP contribution is 2.29. The molecule has 9 nitrogen and oxygen atoms in total. The summed E-state index contributed by atoms with van der Waals surface area (Å²) in [7, 11) is 1.46. The number of amides is 1. The van der Waals surface area contributed by atoms with Gasteiger partial charge in [-0.1, -0.05) is 24.3 Å². The van der Waals surface area contributed by atoms with Crippen molar-refractivity contribution in [2.75, 3.05) is 7.11 Å². The fourth-order valence-corrected chi connectivity index (χ4v) is 3.43. The number of aromatic amines is 1. The lowest BCUT2D eigenvalue weighted by Crippen LogP contribution is -2.18. The normalized spacial score (nSPS) is 11.1. The molecule has 4 aromatic rings. The number of carbonyl (C=O) groups excluding carboxylic acids is 1. The van der Waals surface area contributed by atoms with Crippen LogP contribution in [0.5, 0.6) is 11.5 Å². The summed E-state index contributed by atoms with van der Waals surface area (Å²) in [5, 5.41) is 25.7. The van der Waals surface area contributed by atoms with E-state index in [1.165, 1.54) is 13.3 Å². The number of nitrogens with zero attached hydrogens (tertiary/aromatic N) is 4. The molecule has 0 bridgehead atoms. The van der Waals surface area contributed by atoms with E-state index in [0.29, 0.717) is 17.0 Å². The van der Waals surface area contributed by atoms with E-state index in [1.54, 1.807) is 24.3 Å². The predicted octanol–water partition coefficient (Wildman–Crippen LogP) is 3.36. The minimum atomic E-state index is -0.465. The highest BCUT2D eigenvalue weighted by molar-refractivity contribution is 5.94.